The van der Waals surface area contributed by atoms with Gasteiger partial charge in [0.15, 0.2) is 5.96 Å². The number of nitrogens with one attached hydrogen (secondary N) is 3. The van der Waals surface area contributed by atoms with Crippen LogP contribution in [0.5, 0.6) is 0 Å². The van der Waals surface area contributed by atoms with E-state index in [9.17, 15) is 4.79 Å². The highest BCUT2D eigenvalue weighted by molar-refractivity contribution is 5.94. The third-order valence-corrected chi connectivity index (χ3v) is 5.25. The second-order valence-corrected chi connectivity index (χ2v) is 7.51. The third-order valence-electron chi connectivity index (χ3n) is 5.25. The fraction of sp³-hybridized carbons (Fsp3) is 0.409. The van der Waals surface area contributed by atoms with Crippen LogP contribution in [0.15, 0.2) is 53.8 Å². The number of guanidine groups is 1. The summed E-state index contributed by atoms with van der Waals surface area (Å²) in [5.41, 5.74) is 3.30. The Morgan fingerprint density at radius 3 is 2.79 bits per heavy atom. The van der Waals surface area contributed by atoms with Crippen LogP contribution in [0.25, 0.3) is 0 Å². The number of amides is 1. The third kappa shape index (κ3) is 4.88. The molecule has 6 heteroatoms. The van der Waals surface area contributed by atoms with Crippen molar-refractivity contribution < 1.29 is 4.79 Å². The van der Waals surface area contributed by atoms with Crippen molar-refractivity contribution in [1.29, 1.82) is 0 Å². The van der Waals surface area contributed by atoms with Gasteiger partial charge in [0.1, 0.15) is 0 Å². The predicted octanol–water partition coefficient (Wildman–Crippen LogP) is 3.11. The van der Waals surface area contributed by atoms with E-state index in [4.69, 9.17) is 0 Å². The number of pyridine rings is 1. The SMILES string of the molecule is CN=C(NCC1CC(=O)Nc2ccccc21)NCC(c1cccnc1)C(C)C. The van der Waals surface area contributed by atoms with E-state index >= 15 is 0 Å². The van der Waals surface area contributed by atoms with Gasteiger partial charge in [0.05, 0.1) is 0 Å². The van der Waals surface area contributed by atoms with Crippen LogP contribution in [0.3, 0.4) is 0 Å². The van der Waals surface area contributed by atoms with Gasteiger partial charge in [0.25, 0.3) is 0 Å². The molecule has 1 aliphatic rings. The number of aliphatic imine (C=N–C) groups is 1. The van der Waals surface area contributed by atoms with Gasteiger partial charge in [0.2, 0.25) is 5.91 Å². The summed E-state index contributed by atoms with van der Waals surface area (Å²) < 4.78 is 0. The molecule has 0 saturated carbocycles. The van der Waals surface area contributed by atoms with E-state index in [1.54, 1.807) is 13.2 Å². The zero-order valence-electron chi connectivity index (χ0n) is 16.8. The molecule has 2 atom stereocenters. The molecular weight excluding hydrogens is 350 g/mol. The molecule has 148 valence electrons. The molecule has 0 saturated heterocycles. The Bertz CT molecular complexity index is 819. The predicted molar refractivity (Wildman–Crippen MR) is 114 cm³/mol. The lowest BCUT2D eigenvalue weighted by Crippen LogP contribution is -2.42. The number of aromatic nitrogens is 1. The lowest BCUT2D eigenvalue weighted by Gasteiger charge is -2.27. The number of fused-ring (bicyclic) bond motifs is 1. The summed E-state index contributed by atoms with van der Waals surface area (Å²) in [5.74, 6) is 1.75. The molecule has 0 aliphatic carbocycles. The number of para-hydroxylation sites is 1. The fourth-order valence-corrected chi connectivity index (χ4v) is 3.66. The maximum Gasteiger partial charge on any atom is 0.225 e. The van der Waals surface area contributed by atoms with Crippen molar-refractivity contribution in [2.45, 2.75) is 32.1 Å². The molecule has 2 unspecified atom stereocenters. The Morgan fingerprint density at radius 2 is 2.07 bits per heavy atom. The number of nitrogens with zero attached hydrogens (tertiary/aromatic N) is 2. The molecule has 0 spiro atoms. The summed E-state index contributed by atoms with van der Waals surface area (Å²) in [6.07, 6.45) is 4.21. The standard InChI is InChI=1S/C22H29N5O/c1-15(2)19(16-7-6-10-24-12-16)14-26-22(23-3)25-13-17-11-21(28)27-20-9-5-4-8-18(17)20/h4-10,12,15,17,19H,11,13-14H2,1-3H3,(H,27,28)(H2,23,25,26). The zero-order chi connectivity index (χ0) is 19.9. The van der Waals surface area contributed by atoms with Crippen molar-refractivity contribution in [1.82, 2.24) is 15.6 Å². The molecule has 3 rings (SSSR count). The van der Waals surface area contributed by atoms with Crippen molar-refractivity contribution in [3.8, 4) is 0 Å². The summed E-state index contributed by atoms with van der Waals surface area (Å²) in [5, 5.41) is 9.77. The average Bonchev–Trinajstić information content (AvgIpc) is 2.70. The number of hydrogen-bond donors (Lipinski definition) is 3. The zero-order valence-corrected chi connectivity index (χ0v) is 16.8. The molecule has 1 aliphatic heterocycles. The molecule has 0 radical (unpaired) electrons. The van der Waals surface area contributed by atoms with Gasteiger partial charge < -0.3 is 16.0 Å². The van der Waals surface area contributed by atoms with Gasteiger partial charge in [-0.2, -0.15) is 0 Å². The van der Waals surface area contributed by atoms with Crippen LogP contribution >= 0.6 is 0 Å². The Kier molecular flexibility index (Phi) is 6.63. The molecular formula is C22H29N5O. The number of carbonyl (C=O) groups is 1. The number of rotatable bonds is 6. The van der Waals surface area contributed by atoms with Crippen molar-refractivity contribution in [2.75, 3.05) is 25.5 Å². The van der Waals surface area contributed by atoms with Gasteiger partial charge in [-0.05, 0) is 29.2 Å². The van der Waals surface area contributed by atoms with Crippen molar-refractivity contribution in [2.24, 2.45) is 10.9 Å². The fourth-order valence-electron chi connectivity index (χ4n) is 3.66. The topological polar surface area (TPSA) is 78.4 Å². The van der Waals surface area contributed by atoms with E-state index in [0.717, 1.165) is 18.2 Å². The summed E-state index contributed by atoms with van der Waals surface area (Å²) in [4.78, 5) is 20.6. The highest BCUT2D eigenvalue weighted by Gasteiger charge is 2.25. The second-order valence-electron chi connectivity index (χ2n) is 7.51. The minimum Gasteiger partial charge on any atom is -0.356 e. The first-order valence-electron chi connectivity index (χ1n) is 9.81. The van der Waals surface area contributed by atoms with E-state index in [0.29, 0.717) is 24.8 Å². The first-order chi connectivity index (χ1) is 13.6. The van der Waals surface area contributed by atoms with Crippen LogP contribution < -0.4 is 16.0 Å². The molecule has 1 amide bonds. The smallest absolute Gasteiger partial charge is 0.225 e. The molecule has 0 fully saturated rings. The number of carbonyl (C=O) groups excluding carboxylic acids is 1. The minimum absolute atomic E-state index is 0.0601. The minimum atomic E-state index is 0.0601. The normalized spacial score (nSPS) is 17.6. The number of hydrogen-bond acceptors (Lipinski definition) is 3. The van der Waals surface area contributed by atoms with E-state index in [1.807, 2.05) is 30.5 Å². The summed E-state index contributed by atoms with van der Waals surface area (Å²) >= 11 is 0. The van der Waals surface area contributed by atoms with E-state index in [1.165, 1.54) is 11.1 Å². The monoisotopic (exact) mass is 379 g/mol. The Balaban J connectivity index is 1.60. The van der Waals surface area contributed by atoms with Gasteiger partial charge in [-0.15, -0.1) is 0 Å². The first-order valence-corrected chi connectivity index (χ1v) is 9.81. The highest BCUT2D eigenvalue weighted by Crippen LogP contribution is 2.31. The van der Waals surface area contributed by atoms with Gasteiger partial charge in [-0.25, -0.2) is 0 Å². The average molecular weight is 380 g/mol. The van der Waals surface area contributed by atoms with E-state index in [2.05, 4.69) is 51.9 Å². The van der Waals surface area contributed by atoms with Crippen LogP contribution in [-0.4, -0.2) is 37.0 Å². The molecule has 1 aromatic carbocycles. The number of benzene rings is 1. The second kappa shape index (κ2) is 9.35. The van der Waals surface area contributed by atoms with Crippen LogP contribution in [-0.2, 0) is 4.79 Å². The molecule has 1 aromatic heterocycles. The van der Waals surface area contributed by atoms with Gasteiger partial charge in [-0.1, -0.05) is 38.1 Å². The molecule has 28 heavy (non-hydrogen) atoms. The molecule has 2 aromatic rings. The van der Waals surface area contributed by atoms with Crippen molar-refractivity contribution >= 4 is 17.6 Å². The lowest BCUT2D eigenvalue weighted by atomic mass is 9.89. The molecule has 2 heterocycles. The van der Waals surface area contributed by atoms with Gasteiger partial charge in [0, 0.05) is 56.5 Å². The first kappa shape index (κ1) is 19.9. The van der Waals surface area contributed by atoms with Crippen LogP contribution in [0.1, 0.15) is 43.2 Å². The van der Waals surface area contributed by atoms with E-state index in [-0.39, 0.29) is 11.8 Å². The summed E-state index contributed by atoms with van der Waals surface area (Å²) in [6.45, 7) is 5.86. The summed E-state index contributed by atoms with van der Waals surface area (Å²) in [7, 11) is 1.77. The maximum atomic E-state index is 12.0. The van der Waals surface area contributed by atoms with E-state index < -0.39 is 0 Å². The van der Waals surface area contributed by atoms with Gasteiger partial charge in [-0.3, -0.25) is 14.8 Å². The lowest BCUT2D eigenvalue weighted by molar-refractivity contribution is -0.116. The van der Waals surface area contributed by atoms with Crippen LogP contribution in [0.4, 0.5) is 5.69 Å². The molecule has 6 nitrogen and oxygen atoms in total. The Labute approximate surface area is 166 Å². The Hall–Kier alpha value is -2.89. The van der Waals surface area contributed by atoms with Crippen LogP contribution in [0, 0.1) is 5.92 Å². The van der Waals surface area contributed by atoms with Crippen molar-refractivity contribution in [3.05, 3.63) is 59.9 Å². The molecule has 3 N–H and O–H groups in total. The maximum absolute atomic E-state index is 12.0. The molecule has 0 bridgehead atoms. The Morgan fingerprint density at radius 1 is 1.25 bits per heavy atom. The number of anilines is 1. The van der Waals surface area contributed by atoms with Crippen LogP contribution in [0.2, 0.25) is 0 Å². The highest BCUT2D eigenvalue weighted by atomic mass is 16.1. The largest absolute Gasteiger partial charge is 0.356 e. The van der Waals surface area contributed by atoms with Gasteiger partial charge >= 0.3 is 0 Å². The van der Waals surface area contributed by atoms with Crippen molar-refractivity contribution in [3.63, 3.8) is 0 Å². The quantitative estimate of drug-likeness (QED) is 0.532. The summed E-state index contributed by atoms with van der Waals surface area (Å²) in [6, 6.07) is 12.1.